The third-order valence-corrected chi connectivity index (χ3v) is 4.80. The largest absolute Gasteiger partial charge is 0.356 e. The highest BCUT2D eigenvalue weighted by atomic mass is 15.3. The first kappa shape index (κ1) is 15.1. The first-order chi connectivity index (χ1) is 11.8. The van der Waals surface area contributed by atoms with Gasteiger partial charge in [0.25, 0.3) is 0 Å². The highest BCUT2D eigenvalue weighted by Crippen LogP contribution is 2.21. The van der Waals surface area contributed by atoms with Gasteiger partial charge in [0.05, 0.1) is 0 Å². The van der Waals surface area contributed by atoms with Crippen molar-refractivity contribution in [3.05, 3.63) is 71.3 Å². The summed E-state index contributed by atoms with van der Waals surface area (Å²) in [6.07, 6.45) is 0.847. The van der Waals surface area contributed by atoms with Gasteiger partial charge in [0, 0.05) is 43.7 Å². The Morgan fingerprint density at radius 3 is 2.29 bits per heavy atom. The van der Waals surface area contributed by atoms with Gasteiger partial charge in [0.15, 0.2) is 0 Å². The predicted octanol–water partition coefficient (Wildman–Crippen LogP) is 2.64. The fourth-order valence-corrected chi connectivity index (χ4v) is 3.32. The Morgan fingerprint density at radius 1 is 0.792 bits per heavy atom. The molecule has 0 radical (unpaired) electrons. The summed E-state index contributed by atoms with van der Waals surface area (Å²) in [5, 5.41) is 9.32. The molecular formula is C20H22N4. The molecule has 2 aromatic carbocycles. The average molecular weight is 318 g/mol. The average Bonchev–Trinajstić information content (AvgIpc) is 2.83. The van der Waals surface area contributed by atoms with Crippen molar-refractivity contribution >= 4 is 11.5 Å². The van der Waals surface area contributed by atoms with Crippen LogP contribution in [-0.2, 0) is 6.42 Å². The van der Waals surface area contributed by atoms with Crippen LogP contribution in [-0.4, -0.2) is 54.6 Å². The zero-order valence-electron chi connectivity index (χ0n) is 14.0. The summed E-state index contributed by atoms with van der Waals surface area (Å²) in [7, 11) is 2.17. The molecule has 4 heteroatoms. The topological polar surface area (TPSA) is 31.2 Å². The molecule has 4 rings (SSSR count). The van der Waals surface area contributed by atoms with Gasteiger partial charge in [-0.2, -0.15) is 0 Å². The summed E-state index contributed by atoms with van der Waals surface area (Å²) in [6.45, 7) is 4.20. The Hall–Kier alpha value is -2.46. The van der Waals surface area contributed by atoms with Gasteiger partial charge in [-0.25, -0.2) is 0 Å². The maximum Gasteiger partial charge on any atom is 0.132 e. The van der Waals surface area contributed by atoms with Gasteiger partial charge < -0.3 is 9.80 Å². The molecule has 0 amide bonds. The number of amidine groups is 1. The quantitative estimate of drug-likeness (QED) is 0.809. The van der Waals surface area contributed by atoms with E-state index in [0.717, 1.165) is 49.7 Å². The number of hydrogen-bond donors (Lipinski definition) is 0. The van der Waals surface area contributed by atoms with Crippen LogP contribution in [0, 0.1) is 0 Å². The Bertz CT molecular complexity index is 771. The second kappa shape index (κ2) is 6.57. The molecule has 24 heavy (non-hydrogen) atoms. The van der Waals surface area contributed by atoms with Crippen LogP contribution < -0.4 is 0 Å². The maximum atomic E-state index is 4.66. The second-order valence-corrected chi connectivity index (χ2v) is 6.46. The van der Waals surface area contributed by atoms with Crippen molar-refractivity contribution in [3.8, 4) is 0 Å². The molecule has 0 unspecified atom stereocenters. The molecule has 0 N–H and O–H groups in total. The van der Waals surface area contributed by atoms with E-state index in [1.807, 2.05) is 6.07 Å². The predicted molar refractivity (Wildman–Crippen MR) is 98.7 cm³/mol. The van der Waals surface area contributed by atoms with E-state index in [2.05, 4.69) is 75.6 Å². The van der Waals surface area contributed by atoms with Crippen LogP contribution in [0.4, 0.5) is 0 Å². The van der Waals surface area contributed by atoms with Crippen molar-refractivity contribution in [2.24, 2.45) is 10.2 Å². The second-order valence-electron chi connectivity index (χ2n) is 6.46. The minimum atomic E-state index is 0.847. The molecule has 0 atom stereocenters. The third-order valence-electron chi connectivity index (χ3n) is 4.80. The van der Waals surface area contributed by atoms with Crippen LogP contribution in [0.25, 0.3) is 0 Å². The zero-order valence-corrected chi connectivity index (χ0v) is 14.0. The highest BCUT2D eigenvalue weighted by molar-refractivity contribution is 6.15. The van der Waals surface area contributed by atoms with Gasteiger partial charge >= 0.3 is 0 Å². The third kappa shape index (κ3) is 2.97. The van der Waals surface area contributed by atoms with Crippen LogP contribution in [0.3, 0.4) is 0 Å². The number of likely N-dealkylation sites (N-methyl/N-ethyl adjacent to an activating group) is 1. The van der Waals surface area contributed by atoms with Crippen LogP contribution in [0.5, 0.6) is 0 Å². The van der Waals surface area contributed by atoms with Crippen LogP contribution in [0.1, 0.15) is 16.7 Å². The van der Waals surface area contributed by atoms with Gasteiger partial charge in [0.1, 0.15) is 11.5 Å². The van der Waals surface area contributed by atoms with E-state index in [0.29, 0.717) is 0 Å². The first-order valence-corrected chi connectivity index (χ1v) is 8.53. The number of hydrogen-bond acceptors (Lipinski definition) is 4. The number of benzene rings is 2. The zero-order chi connectivity index (χ0) is 16.4. The summed E-state index contributed by atoms with van der Waals surface area (Å²) < 4.78 is 0. The molecule has 1 saturated heterocycles. The van der Waals surface area contributed by atoms with E-state index in [-0.39, 0.29) is 0 Å². The lowest BCUT2D eigenvalue weighted by molar-refractivity contribution is 0.213. The van der Waals surface area contributed by atoms with Crippen molar-refractivity contribution in [2.75, 3.05) is 33.2 Å². The van der Waals surface area contributed by atoms with E-state index in [1.165, 1.54) is 11.1 Å². The first-order valence-electron chi connectivity index (χ1n) is 8.53. The molecule has 0 aliphatic carbocycles. The lowest BCUT2D eigenvalue weighted by Gasteiger charge is -2.34. The smallest absolute Gasteiger partial charge is 0.132 e. The molecule has 122 valence electrons. The van der Waals surface area contributed by atoms with Crippen LogP contribution in [0.2, 0.25) is 0 Å². The standard InChI is InChI=1S/C20H22N4/c1-23-11-13-24(14-12-23)19-15-17-9-5-6-10-18(17)20(22-21-19)16-7-3-2-4-8-16/h2-10H,11-15H2,1H3. The molecule has 2 aromatic rings. The van der Waals surface area contributed by atoms with Crippen molar-refractivity contribution in [2.45, 2.75) is 6.42 Å². The summed E-state index contributed by atoms with van der Waals surface area (Å²) in [5.41, 5.74) is 4.58. The SMILES string of the molecule is CN1CCN(C2=NN=C(c3ccccc3)c3ccccc3C2)CC1. The minimum absolute atomic E-state index is 0.847. The molecule has 0 spiro atoms. The number of fused-ring (bicyclic) bond motifs is 1. The van der Waals surface area contributed by atoms with Gasteiger partial charge in [-0.3, -0.25) is 0 Å². The molecule has 1 fully saturated rings. The Morgan fingerprint density at radius 2 is 1.50 bits per heavy atom. The monoisotopic (exact) mass is 318 g/mol. The van der Waals surface area contributed by atoms with Gasteiger partial charge in [-0.1, -0.05) is 54.6 Å². The van der Waals surface area contributed by atoms with E-state index in [1.54, 1.807) is 0 Å². The van der Waals surface area contributed by atoms with E-state index in [4.69, 9.17) is 0 Å². The van der Waals surface area contributed by atoms with Gasteiger partial charge in [-0.15, -0.1) is 10.2 Å². The number of piperazine rings is 1. The maximum absolute atomic E-state index is 4.66. The molecule has 0 aromatic heterocycles. The number of rotatable bonds is 1. The normalized spacial score (nSPS) is 18.5. The van der Waals surface area contributed by atoms with Crippen molar-refractivity contribution < 1.29 is 0 Å². The summed E-state index contributed by atoms with van der Waals surface area (Å²) in [5.74, 6) is 1.08. The molecule has 4 nitrogen and oxygen atoms in total. The van der Waals surface area contributed by atoms with Crippen LogP contribution >= 0.6 is 0 Å². The van der Waals surface area contributed by atoms with Crippen molar-refractivity contribution in [1.82, 2.24) is 9.80 Å². The molecule has 0 saturated carbocycles. The van der Waals surface area contributed by atoms with Gasteiger partial charge in [-0.05, 0) is 12.6 Å². The molecule has 0 bridgehead atoms. The molecule has 2 aliphatic heterocycles. The molecule has 2 aliphatic rings. The molecule has 2 heterocycles. The fraction of sp³-hybridized carbons (Fsp3) is 0.300. The highest BCUT2D eigenvalue weighted by Gasteiger charge is 2.22. The van der Waals surface area contributed by atoms with Crippen molar-refractivity contribution in [3.63, 3.8) is 0 Å². The lowest BCUT2D eigenvalue weighted by Crippen LogP contribution is -2.47. The molecular weight excluding hydrogens is 296 g/mol. The summed E-state index contributed by atoms with van der Waals surface area (Å²) >= 11 is 0. The Kier molecular flexibility index (Phi) is 4.13. The summed E-state index contributed by atoms with van der Waals surface area (Å²) in [6, 6.07) is 18.9. The van der Waals surface area contributed by atoms with E-state index >= 15 is 0 Å². The Labute approximate surface area is 143 Å². The Balaban J connectivity index is 1.73. The van der Waals surface area contributed by atoms with Crippen LogP contribution in [0.15, 0.2) is 64.8 Å². The minimum Gasteiger partial charge on any atom is -0.356 e. The van der Waals surface area contributed by atoms with Gasteiger partial charge in [0.2, 0.25) is 0 Å². The van der Waals surface area contributed by atoms with E-state index < -0.39 is 0 Å². The fourth-order valence-electron chi connectivity index (χ4n) is 3.32. The lowest BCUT2D eigenvalue weighted by atomic mass is 9.96. The number of nitrogens with zero attached hydrogens (tertiary/aromatic N) is 4. The van der Waals surface area contributed by atoms with E-state index in [9.17, 15) is 0 Å². The van der Waals surface area contributed by atoms with Crippen molar-refractivity contribution in [1.29, 1.82) is 0 Å². The summed E-state index contributed by atoms with van der Waals surface area (Å²) in [4.78, 5) is 4.74.